The van der Waals surface area contributed by atoms with Gasteiger partial charge < -0.3 is 62.2 Å². The van der Waals surface area contributed by atoms with Gasteiger partial charge in [0.15, 0.2) is 5.96 Å². The highest BCUT2D eigenvalue weighted by atomic mass is 16.4. The zero-order valence-corrected chi connectivity index (χ0v) is 39.3. The Balaban J connectivity index is 1.49. The monoisotopic (exact) mass is 960 g/mol. The lowest BCUT2D eigenvalue weighted by molar-refractivity contribution is -0.145. The molecule has 4 atom stereocenters. The van der Waals surface area contributed by atoms with E-state index in [9.17, 15) is 63.7 Å². The maximum Gasteiger partial charge on any atom is 0.475 e. The van der Waals surface area contributed by atoms with Crippen molar-refractivity contribution < 1.29 is 63.7 Å². The lowest BCUT2D eigenvalue weighted by Gasteiger charge is -2.30. The molecule has 24 nitrogen and oxygen atoms in total. The van der Waals surface area contributed by atoms with Crippen LogP contribution in [0.2, 0.25) is 0 Å². The molecule has 3 rings (SSSR count). The number of aliphatic imine (C=N–C) groups is 1. The molecule has 1 aromatic carbocycles. The Labute approximate surface area is 396 Å². The summed E-state index contributed by atoms with van der Waals surface area (Å²) in [6, 6.07) is 3.46. The van der Waals surface area contributed by atoms with Crippen LogP contribution in [0, 0.1) is 0 Å². The van der Waals surface area contributed by atoms with Crippen LogP contribution in [-0.4, -0.2) is 221 Å². The van der Waals surface area contributed by atoms with Gasteiger partial charge in [-0.3, -0.25) is 58.0 Å². The number of guanidine groups is 1. The van der Waals surface area contributed by atoms with Crippen LogP contribution in [0.5, 0.6) is 0 Å². The van der Waals surface area contributed by atoms with Crippen molar-refractivity contribution >= 4 is 60.5 Å². The summed E-state index contributed by atoms with van der Waals surface area (Å²) in [4.78, 5) is 113. The van der Waals surface area contributed by atoms with Crippen LogP contribution in [0.4, 0.5) is 0 Å². The number of hydrogen-bond acceptors (Lipinski definition) is 14. The zero-order chi connectivity index (χ0) is 50.3. The molecule has 2 fully saturated rings. The average molecular weight is 960 g/mol. The van der Waals surface area contributed by atoms with Gasteiger partial charge >= 0.3 is 25.0 Å². The minimum atomic E-state index is -1.66. The number of hydrogen-bond donors (Lipinski definition) is 10. The number of carboxylic acids is 3. The number of amides is 5. The summed E-state index contributed by atoms with van der Waals surface area (Å²) in [6.45, 7) is 3.26. The van der Waals surface area contributed by atoms with Crippen LogP contribution in [-0.2, 0) is 40.1 Å². The van der Waals surface area contributed by atoms with Gasteiger partial charge in [0.25, 0.3) is 5.91 Å². The first-order valence-corrected chi connectivity index (χ1v) is 23.0. The first kappa shape index (κ1) is 56.4. The molecule has 0 aromatic heterocycles. The number of unbranched alkanes of at least 4 members (excludes halogenated alkanes) is 1. The summed E-state index contributed by atoms with van der Waals surface area (Å²) in [6.07, 6.45) is 2.32. The third-order valence-electron chi connectivity index (χ3n) is 11.7. The standard InChI is InChI=1S/C43H70BN11O13/c1-29(41(64)55-19-7-9-34(55)44(67)68)49-39(62)31-13-11-30(12-14-31)26-48-35(56)10-4-5-17-46-40(63)32(8-6-18-47-43(45)51(2)3)50-36(57)16-15-33(42(65)66)54-24-22-52(27-37(58)59)20-21-53(23-25-54)28-38(60)61/h11-14,29,32-34,67-68H,4-10,15-28H2,1-3H3,(H2,45,47)(H,46,63)(H,48,56)(H,49,62)(H,50,57)(H,58,59)(H,60,61)(H,65,66)/t29-,32+,33-,34+/m1/s1. The normalized spacial score (nSPS) is 17.6. The number of nitrogens with zero attached hydrogens (tertiary/aromatic N) is 6. The highest BCUT2D eigenvalue weighted by Crippen LogP contribution is 2.19. The van der Waals surface area contributed by atoms with Crippen LogP contribution >= 0.6 is 0 Å². The summed E-state index contributed by atoms with van der Waals surface area (Å²) >= 11 is 0. The molecule has 11 N–H and O–H groups in total. The van der Waals surface area contributed by atoms with E-state index in [-0.39, 0.29) is 110 Å². The molecule has 0 unspecified atom stereocenters. The first-order chi connectivity index (χ1) is 32.2. The number of rotatable bonds is 26. The van der Waals surface area contributed by atoms with Crippen LogP contribution < -0.4 is 27.0 Å². The molecule has 0 spiro atoms. The molecule has 378 valence electrons. The van der Waals surface area contributed by atoms with Gasteiger partial charge in [-0.2, -0.15) is 0 Å². The Morgan fingerprint density at radius 2 is 1.41 bits per heavy atom. The number of nitrogens with two attached hydrogens (primary N) is 1. The Kier molecular flexibility index (Phi) is 24.2. The second-order valence-corrected chi connectivity index (χ2v) is 17.2. The van der Waals surface area contributed by atoms with E-state index in [1.807, 2.05) is 0 Å². The second-order valence-electron chi connectivity index (χ2n) is 17.2. The molecule has 68 heavy (non-hydrogen) atoms. The van der Waals surface area contributed by atoms with Crippen molar-refractivity contribution in [2.45, 2.75) is 95.3 Å². The Bertz CT molecular complexity index is 1860. The fraction of sp³-hybridized carbons (Fsp3) is 0.651. The third-order valence-corrected chi connectivity index (χ3v) is 11.7. The minimum Gasteiger partial charge on any atom is -0.480 e. The van der Waals surface area contributed by atoms with Crippen molar-refractivity contribution in [2.75, 3.05) is 86.1 Å². The predicted molar refractivity (Wildman–Crippen MR) is 249 cm³/mol. The molecular formula is C43H70BN11O13. The van der Waals surface area contributed by atoms with E-state index in [1.54, 1.807) is 58.0 Å². The first-order valence-electron chi connectivity index (χ1n) is 23.0. The minimum absolute atomic E-state index is 0.135. The largest absolute Gasteiger partial charge is 0.480 e. The number of carboxylic acid groups (broad SMARTS) is 3. The smallest absolute Gasteiger partial charge is 0.475 e. The average Bonchev–Trinajstić information content (AvgIpc) is 3.81. The molecule has 5 amide bonds. The summed E-state index contributed by atoms with van der Waals surface area (Å²) in [5.74, 6) is -5.94. The molecule has 2 saturated heterocycles. The Morgan fingerprint density at radius 3 is 1.99 bits per heavy atom. The number of benzene rings is 1. The highest BCUT2D eigenvalue weighted by Gasteiger charge is 2.38. The van der Waals surface area contributed by atoms with E-state index in [2.05, 4.69) is 26.3 Å². The van der Waals surface area contributed by atoms with E-state index < -0.39 is 72.7 Å². The summed E-state index contributed by atoms with van der Waals surface area (Å²) in [7, 11) is 1.80. The van der Waals surface area contributed by atoms with Crippen molar-refractivity contribution in [1.82, 2.24) is 45.8 Å². The second kappa shape index (κ2) is 29.1. The van der Waals surface area contributed by atoms with Gasteiger partial charge in [-0.15, -0.1) is 0 Å². The Morgan fingerprint density at radius 1 is 0.794 bits per heavy atom. The summed E-state index contributed by atoms with van der Waals surface area (Å²) in [5, 5.41) is 59.1. The fourth-order valence-electron chi connectivity index (χ4n) is 7.84. The molecule has 25 heteroatoms. The molecule has 0 bridgehead atoms. The van der Waals surface area contributed by atoms with Gasteiger partial charge in [-0.05, 0) is 69.6 Å². The predicted octanol–water partition coefficient (Wildman–Crippen LogP) is -2.83. The molecular weight excluding hydrogens is 889 g/mol. The van der Waals surface area contributed by atoms with Crippen molar-refractivity contribution in [3.8, 4) is 0 Å². The van der Waals surface area contributed by atoms with Crippen LogP contribution in [0.15, 0.2) is 29.3 Å². The number of carbonyl (C=O) groups is 8. The Hall–Kier alpha value is -5.89. The third kappa shape index (κ3) is 20.1. The number of carbonyl (C=O) groups excluding carboxylic acids is 5. The molecule has 2 aliphatic rings. The lowest BCUT2D eigenvalue weighted by Crippen LogP contribution is -2.52. The van der Waals surface area contributed by atoms with Gasteiger partial charge in [-0.1, -0.05) is 12.1 Å². The van der Waals surface area contributed by atoms with Crippen molar-refractivity contribution in [3.05, 3.63) is 35.4 Å². The van der Waals surface area contributed by atoms with E-state index >= 15 is 0 Å². The van der Waals surface area contributed by atoms with Crippen molar-refractivity contribution in [2.24, 2.45) is 10.7 Å². The van der Waals surface area contributed by atoms with Gasteiger partial charge in [0, 0.05) is 97.9 Å². The lowest BCUT2D eigenvalue weighted by atomic mass is 9.78. The number of aliphatic carboxylic acids is 3. The van der Waals surface area contributed by atoms with E-state index in [0.717, 1.165) is 5.56 Å². The maximum atomic E-state index is 13.4. The van der Waals surface area contributed by atoms with Crippen LogP contribution in [0.3, 0.4) is 0 Å². The number of likely N-dealkylation sites (tertiary alicyclic amines) is 1. The van der Waals surface area contributed by atoms with Gasteiger partial charge in [0.05, 0.1) is 19.0 Å². The highest BCUT2D eigenvalue weighted by molar-refractivity contribution is 6.43. The van der Waals surface area contributed by atoms with Crippen LogP contribution in [0.25, 0.3) is 0 Å². The van der Waals surface area contributed by atoms with Crippen molar-refractivity contribution in [1.29, 1.82) is 0 Å². The molecule has 0 radical (unpaired) electrons. The van der Waals surface area contributed by atoms with Gasteiger partial charge in [-0.25, -0.2) is 0 Å². The topological polar surface area (TPSA) is 340 Å². The summed E-state index contributed by atoms with van der Waals surface area (Å²) < 4.78 is 0. The van der Waals surface area contributed by atoms with E-state index in [4.69, 9.17) is 5.73 Å². The molecule has 2 aliphatic heterocycles. The zero-order valence-electron chi connectivity index (χ0n) is 39.3. The summed E-state index contributed by atoms with van der Waals surface area (Å²) in [5.41, 5.74) is 6.92. The van der Waals surface area contributed by atoms with Crippen molar-refractivity contribution in [3.63, 3.8) is 0 Å². The van der Waals surface area contributed by atoms with E-state index in [1.165, 1.54) is 11.8 Å². The molecule has 1 aromatic rings. The SMILES string of the molecule is C[C@@H](NC(=O)c1ccc(CNC(=O)CCCCNC(=O)[C@H](CCCN=C(N)N(C)C)NC(=O)CC[C@H](C(=O)O)N2CCN(CC(=O)O)CCN(CC(=O)O)CC2)cc1)C(=O)N1CCC[C@H]1B(O)O. The molecule has 0 saturated carbocycles. The van der Waals surface area contributed by atoms with Gasteiger partial charge in [0.1, 0.15) is 18.1 Å². The van der Waals surface area contributed by atoms with Crippen LogP contribution in [0.1, 0.15) is 80.6 Å². The maximum absolute atomic E-state index is 13.4. The quantitative estimate of drug-likeness (QED) is 0.0194. The number of nitrogens with one attached hydrogen (secondary N) is 4. The van der Waals surface area contributed by atoms with E-state index in [0.29, 0.717) is 44.2 Å². The van der Waals surface area contributed by atoms with Gasteiger partial charge in [0.2, 0.25) is 23.6 Å². The molecule has 0 aliphatic carbocycles. The fourth-order valence-corrected chi connectivity index (χ4v) is 7.84. The molecule has 2 heterocycles.